The summed E-state index contributed by atoms with van der Waals surface area (Å²) in [7, 11) is 0. The van der Waals surface area contributed by atoms with Crippen LogP contribution in [0.4, 0.5) is 10.1 Å². The number of amides is 1. The van der Waals surface area contributed by atoms with E-state index in [0.29, 0.717) is 5.69 Å². The van der Waals surface area contributed by atoms with Crippen molar-refractivity contribution in [1.29, 1.82) is 0 Å². The zero-order valence-corrected chi connectivity index (χ0v) is 10.5. The molecule has 1 aromatic heterocycles. The Morgan fingerprint density at radius 1 is 1.11 bits per heavy atom. The van der Waals surface area contributed by atoms with E-state index in [1.54, 1.807) is 0 Å². The molecule has 1 heterocycles. The van der Waals surface area contributed by atoms with Crippen LogP contribution in [-0.2, 0) is 0 Å². The van der Waals surface area contributed by atoms with Crippen molar-refractivity contribution in [2.75, 3.05) is 5.32 Å². The molecule has 1 aromatic carbocycles. The summed E-state index contributed by atoms with van der Waals surface area (Å²) in [6.45, 7) is 0. The lowest BCUT2D eigenvalue weighted by Crippen LogP contribution is -2.12. The van der Waals surface area contributed by atoms with Gasteiger partial charge in [0.2, 0.25) is 0 Å². The maximum atomic E-state index is 12.7. The number of carbonyl (C=O) groups excluding carboxylic acids is 1. The number of nitrogens with zero attached hydrogens (tertiary/aromatic N) is 1. The topological polar surface area (TPSA) is 42.0 Å². The summed E-state index contributed by atoms with van der Waals surface area (Å²) in [5.74, 6) is -0.768. The molecule has 92 valence electrons. The third-order valence-corrected chi connectivity index (χ3v) is 2.51. The van der Waals surface area contributed by atoms with Gasteiger partial charge in [0, 0.05) is 11.3 Å². The maximum Gasteiger partial charge on any atom is 0.255 e. The Labute approximate surface area is 113 Å². The molecule has 0 aliphatic heterocycles. The summed E-state index contributed by atoms with van der Waals surface area (Å²) in [4.78, 5) is 15.6. The fourth-order valence-electron chi connectivity index (χ4n) is 1.33. The van der Waals surface area contributed by atoms with Crippen LogP contribution in [0.15, 0.2) is 36.4 Å². The van der Waals surface area contributed by atoms with Crippen LogP contribution >= 0.6 is 23.2 Å². The molecule has 0 spiro atoms. The van der Waals surface area contributed by atoms with Gasteiger partial charge in [0.05, 0.1) is 0 Å². The Morgan fingerprint density at radius 3 is 2.22 bits per heavy atom. The number of nitrogens with one attached hydrogen (secondary N) is 1. The normalized spacial score (nSPS) is 10.2. The van der Waals surface area contributed by atoms with E-state index in [1.807, 2.05) is 0 Å². The second-order valence-corrected chi connectivity index (χ2v) is 4.24. The van der Waals surface area contributed by atoms with Crippen LogP contribution in [0.1, 0.15) is 10.4 Å². The van der Waals surface area contributed by atoms with Crippen molar-refractivity contribution in [3.05, 3.63) is 58.1 Å². The van der Waals surface area contributed by atoms with Gasteiger partial charge in [-0.1, -0.05) is 23.2 Å². The predicted octanol–water partition coefficient (Wildman–Crippen LogP) is 3.78. The molecule has 0 radical (unpaired) electrons. The van der Waals surface area contributed by atoms with Gasteiger partial charge in [0.1, 0.15) is 16.1 Å². The molecule has 18 heavy (non-hydrogen) atoms. The van der Waals surface area contributed by atoms with Crippen molar-refractivity contribution in [2.45, 2.75) is 0 Å². The minimum Gasteiger partial charge on any atom is -0.322 e. The molecule has 0 fully saturated rings. The molecule has 0 aliphatic carbocycles. The number of benzene rings is 1. The zero-order valence-electron chi connectivity index (χ0n) is 8.95. The first kappa shape index (κ1) is 12.8. The molecule has 0 aliphatic rings. The number of hydrogen-bond donors (Lipinski definition) is 1. The highest BCUT2D eigenvalue weighted by Gasteiger charge is 2.09. The van der Waals surface area contributed by atoms with Crippen LogP contribution < -0.4 is 5.32 Å². The van der Waals surface area contributed by atoms with E-state index >= 15 is 0 Å². The van der Waals surface area contributed by atoms with E-state index in [1.165, 1.54) is 36.4 Å². The van der Waals surface area contributed by atoms with Gasteiger partial charge in [-0.3, -0.25) is 4.79 Å². The molecule has 1 amide bonds. The quantitative estimate of drug-likeness (QED) is 0.853. The van der Waals surface area contributed by atoms with Crippen LogP contribution in [-0.4, -0.2) is 10.9 Å². The molecule has 1 N–H and O–H groups in total. The van der Waals surface area contributed by atoms with Gasteiger partial charge in [-0.25, -0.2) is 9.37 Å². The Morgan fingerprint density at radius 2 is 1.67 bits per heavy atom. The van der Waals surface area contributed by atoms with E-state index in [9.17, 15) is 9.18 Å². The van der Waals surface area contributed by atoms with Crippen molar-refractivity contribution >= 4 is 34.8 Å². The molecular weight excluding hydrogens is 278 g/mol. The van der Waals surface area contributed by atoms with Crippen LogP contribution in [0.5, 0.6) is 0 Å². The van der Waals surface area contributed by atoms with Crippen molar-refractivity contribution in [1.82, 2.24) is 4.98 Å². The summed E-state index contributed by atoms with van der Waals surface area (Å²) >= 11 is 11.4. The maximum absolute atomic E-state index is 12.7. The fraction of sp³-hybridized carbons (Fsp3) is 0. The number of pyridine rings is 1. The molecule has 2 rings (SSSR count). The number of rotatable bonds is 2. The molecule has 0 saturated heterocycles. The summed E-state index contributed by atoms with van der Waals surface area (Å²) < 4.78 is 12.7. The monoisotopic (exact) mass is 284 g/mol. The Balaban J connectivity index is 2.19. The zero-order chi connectivity index (χ0) is 13.1. The van der Waals surface area contributed by atoms with Gasteiger partial charge >= 0.3 is 0 Å². The van der Waals surface area contributed by atoms with Gasteiger partial charge < -0.3 is 5.32 Å². The first-order valence-corrected chi connectivity index (χ1v) is 5.70. The molecule has 0 saturated carbocycles. The van der Waals surface area contributed by atoms with Gasteiger partial charge in [-0.05, 0) is 36.4 Å². The lowest BCUT2D eigenvalue weighted by atomic mass is 10.2. The number of halogens is 3. The van der Waals surface area contributed by atoms with Crippen LogP contribution in [0.3, 0.4) is 0 Å². The molecule has 0 bridgehead atoms. The second-order valence-electron chi connectivity index (χ2n) is 3.46. The number of carbonyl (C=O) groups is 1. The van der Waals surface area contributed by atoms with E-state index in [4.69, 9.17) is 23.2 Å². The Kier molecular flexibility index (Phi) is 3.79. The van der Waals surface area contributed by atoms with E-state index in [2.05, 4.69) is 10.3 Å². The highest BCUT2D eigenvalue weighted by Crippen LogP contribution is 2.16. The van der Waals surface area contributed by atoms with Gasteiger partial charge in [-0.2, -0.15) is 0 Å². The molecule has 6 heteroatoms. The lowest BCUT2D eigenvalue weighted by molar-refractivity contribution is 0.102. The number of hydrogen-bond acceptors (Lipinski definition) is 2. The molecule has 0 unspecified atom stereocenters. The SMILES string of the molecule is O=C(Nc1ccc(F)cc1)c1cc(Cl)nc(Cl)c1. The molecule has 0 atom stereocenters. The van der Waals surface area contributed by atoms with Crippen molar-refractivity contribution < 1.29 is 9.18 Å². The van der Waals surface area contributed by atoms with E-state index < -0.39 is 5.91 Å². The summed E-state index contributed by atoms with van der Waals surface area (Å²) in [6, 6.07) is 8.21. The lowest BCUT2D eigenvalue weighted by Gasteiger charge is -2.05. The second kappa shape index (κ2) is 5.33. The fourth-order valence-corrected chi connectivity index (χ4v) is 1.79. The van der Waals surface area contributed by atoms with Crippen LogP contribution in [0.25, 0.3) is 0 Å². The minimum absolute atomic E-state index is 0.131. The number of aromatic nitrogens is 1. The third-order valence-electron chi connectivity index (χ3n) is 2.13. The van der Waals surface area contributed by atoms with Crippen molar-refractivity contribution in [2.24, 2.45) is 0 Å². The average molecular weight is 285 g/mol. The van der Waals surface area contributed by atoms with Gasteiger partial charge in [0.25, 0.3) is 5.91 Å². The molecule has 2 aromatic rings. The highest BCUT2D eigenvalue weighted by molar-refractivity contribution is 6.33. The Bertz CT molecular complexity index is 567. The van der Waals surface area contributed by atoms with E-state index in [-0.39, 0.29) is 21.7 Å². The van der Waals surface area contributed by atoms with Gasteiger partial charge in [-0.15, -0.1) is 0 Å². The largest absolute Gasteiger partial charge is 0.322 e. The molecule has 3 nitrogen and oxygen atoms in total. The predicted molar refractivity (Wildman–Crippen MR) is 68.6 cm³/mol. The first-order valence-electron chi connectivity index (χ1n) is 4.94. The van der Waals surface area contributed by atoms with Gasteiger partial charge in [0.15, 0.2) is 0 Å². The van der Waals surface area contributed by atoms with Crippen LogP contribution in [0.2, 0.25) is 10.3 Å². The minimum atomic E-state index is -0.396. The Hall–Kier alpha value is -1.65. The highest BCUT2D eigenvalue weighted by atomic mass is 35.5. The van der Waals surface area contributed by atoms with Crippen molar-refractivity contribution in [3.63, 3.8) is 0 Å². The smallest absolute Gasteiger partial charge is 0.255 e. The number of anilines is 1. The summed E-state index contributed by atoms with van der Waals surface area (Å²) in [6.07, 6.45) is 0. The summed E-state index contributed by atoms with van der Waals surface area (Å²) in [5, 5.41) is 2.85. The molecular formula is C12H7Cl2FN2O. The van der Waals surface area contributed by atoms with E-state index in [0.717, 1.165) is 0 Å². The third kappa shape index (κ3) is 3.18. The van der Waals surface area contributed by atoms with Crippen LogP contribution in [0, 0.1) is 5.82 Å². The average Bonchev–Trinajstić information content (AvgIpc) is 2.31. The first-order chi connectivity index (χ1) is 8.54. The van der Waals surface area contributed by atoms with Crippen molar-refractivity contribution in [3.8, 4) is 0 Å². The standard InChI is InChI=1S/C12H7Cl2FN2O/c13-10-5-7(6-11(14)17-10)12(18)16-9-3-1-8(15)2-4-9/h1-6H,(H,16,18). The summed E-state index contributed by atoms with van der Waals surface area (Å²) in [5.41, 5.74) is 0.759.